The molecule has 0 amide bonds. The van der Waals surface area contributed by atoms with Gasteiger partial charge in [-0.25, -0.2) is 0 Å². The fourth-order valence-corrected chi connectivity index (χ4v) is 2.76. The molecule has 3 atom stereocenters. The molecule has 17 heavy (non-hydrogen) atoms. The van der Waals surface area contributed by atoms with Crippen molar-refractivity contribution in [3.63, 3.8) is 0 Å². The molecule has 94 valence electrons. The highest BCUT2D eigenvalue weighted by molar-refractivity contribution is 5.13. The van der Waals surface area contributed by atoms with Crippen LogP contribution in [0.5, 0.6) is 0 Å². The summed E-state index contributed by atoms with van der Waals surface area (Å²) in [5.74, 6) is 0.642. The van der Waals surface area contributed by atoms with Gasteiger partial charge >= 0.3 is 0 Å². The van der Waals surface area contributed by atoms with Crippen LogP contribution in [0.1, 0.15) is 44.2 Å². The van der Waals surface area contributed by atoms with E-state index in [1.807, 2.05) is 18.5 Å². The van der Waals surface area contributed by atoms with E-state index in [1.54, 1.807) is 0 Å². The molecule has 0 aromatic carbocycles. The van der Waals surface area contributed by atoms with Crippen LogP contribution in [0, 0.1) is 5.92 Å². The summed E-state index contributed by atoms with van der Waals surface area (Å²) in [4.78, 5) is 4.17. The van der Waals surface area contributed by atoms with Gasteiger partial charge in [0.2, 0.25) is 0 Å². The summed E-state index contributed by atoms with van der Waals surface area (Å²) in [6, 6.07) is 5.06. The second-order valence-corrected chi connectivity index (χ2v) is 5.06. The van der Waals surface area contributed by atoms with Crippen molar-refractivity contribution in [3.05, 3.63) is 30.1 Å². The normalized spacial score (nSPS) is 26.7. The molecule has 0 aliphatic heterocycles. The van der Waals surface area contributed by atoms with Gasteiger partial charge in [-0.3, -0.25) is 4.98 Å². The van der Waals surface area contributed by atoms with Gasteiger partial charge in [0, 0.05) is 24.5 Å². The number of nitrogens with zero attached hydrogens (tertiary/aromatic N) is 1. The number of hydrogen-bond donors (Lipinski definition) is 2. The molecule has 0 radical (unpaired) electrons. The van der Waals surface area contributed by atoms with Crippen LogP contribution in [0.4, 0.5) is 0 Å². The lowest BCUT2D eigenvalue weighted by atomic mass is 9.84. The molecule has 3 nitrogen and oxygen atoms in total. The minimum atomic E-state index is 0.362. The zero-order valence-corrected chi connectivity index (χ0v) is 10.6. The minimum Gasteiger partial charge on any atom is -0.330 e. The van der Waals surface area contributed by atoms with Crippen molar-refractivity contribution in [3.8, 4) is 0 Å². The van der Waals surface area contributed by atoms with Crippen LogP contribution in [0.3, 0.4) is 0 Å². The lowest BCUT2D eigenvalue weighted by molar-refractivity contribution is 0.252. The molecular weight excluding hydrogens is 210 g/mol. The average molecular weight is 233 g/mol. The molecule has 1 fully saturated rings. The average Bonchev–Trinajstić information content (AvgIpc) is 2.40. The molecule has 0 saturated heterocycles. The van der Waals surface area contributed by atoms with Gasteiger partial charge in [-0.15, -0.1) is 0 Å². The minimum absolute atomic E-state index is 0.362. The fourth-order valence-electron chi connectivity index (χ4n) is 2.76. The Labute approximate surface area is 104 Å². The van der Waals surface area contributed by atoms with Crippen LogP contribution >= 0.6 is 0 Å². The zero-order chi connectivity index (χ0) is 12.1. The van der Waals surface area contributed by atoms with Gasteiger partial charge < -0.3 is 11.1 Å². The smallest absolute Gasteiger partial charge is 0.0315 e. The van der Waals surface area contributed by atoms with Gasteiger partial charge in [0.15, 0.2) is 0 Å². The van der Waals surface area contributed by atoms with Crippen LogP contribution < -0.4 is 11.1 Å². The Hall–Kier alpha value is -0.930. The van der Waals surface area contributed by atoms with Crippen LogP contribution in [-0.2, 0) is 0 Å². The summed E-state index contributed by atoms with van der Waals surface area (Å²) in [6.07, 6.45) is 8.95. The highest BCUT2D eigenvalue weighted by Crippen LogP contribution is 2.25. The van der Waals surface area contributed by atoms with Crippen molar-refractivity contribution in [1.82, 2.24) is 10.3 Å². The Morgan fingerprint density at radius 2 is 2.29 bits per heavy atom. The fraction of sp³-hybridized carbons (Fsp3) is 0.643. The first-order chi connectivity index (χ1) is 8.31. The molecule has 1 saturated carbocycles. The Balaban J connectivity index is 1.95. The van der Waals surface area contributed by atoms with Crippen molar-refractivity contribution in [2.45, 2.75) is 44.7 Å². The van der Waals surface area contributed by atoms with Gasteiger partial charge in [-0.1, -0.05) is 18.9 Å². The molecule has 1 heterocycles. The molecular formula is C14H23N3. The van der Waals surface area contributed by atoms with E-state index in [-0.39, 0.29) is 0 Å². The van der Waals surface area contributed by atoms with E-state index in [9.17, 15) is 0 Å². The van der Waals surface area contributed by atoms with Crippen LogP contribution in [0.25, 0.3) is 0 Å². The van der Waals surface area contributed by atoms with Crippen molar-refractivity contribution in [2.75, 3.05) is 6.54 Å². The first kappa shape index (κ1) is 12.5. The van der Waals surface area contributed by atoms with E-state index in [0.717, 1.165) is 6.54 Å². The number of rotatable bonds is 4. The van der Waals surface area contributed by atoms with E-state index < -0.39 is 0 Å². The monoisotopic (exact) mass is 233 g/mol. The van der Waals surface area contributed by atoms with E-state index in [1.165, 1.54) is 31.2 Å². The third-order valence-electron chi connectivity index (χ3n) is 3.86. The zero-order valence-electron chi connectivity index (χ0n) is 10.6. The van der Waals surface area contributed by atoms with Crippen LogP contribution in [0.2, 0.25) is 0 Å². The molecule has 1 aliphatic carbocycles. The molecule has 1 aromatic heterocycles. The molecule has 3 N–H and O–H groups in total. The Bertz CT molecular complexity index is 325. The first-order valence-electron chi connectivity index (χ1n) is 6.67. The van der Waals surface area contributed by atoms with E-state index in [2.05, 4.69) is 23.3 Å². The van der Waals surface area contributed by atoms with E-state index >= 15 is 0 Å². The van der Waals surface area contributed by atoms with Gasteiger partial charge in [-0.05, 0) is 43.9 Å². The third kappa shape index (κ3) is 3.27. The molecule has 3 heteroatoms. The van der Waals surface area contributed by atoms with Crippen molar-refractivity contribution in [2.24, 2.45) is 11.7 Å². The molecule has 0 bridgehead atoms. The number of aromatic nitrogens is 1. The summed E-state index contributed by atoms with van der Waals surface area (Å²) in [7, 11) is 0. The number of nitrogens with one attached hydrogen (secondary N) is 1. The van der Waals surface area contributed by atoms with Crippen LogP contribution in [0.15, 0.2) is 24.5 Å². The largest absolute Gasteiger partial charge is 0.330 e. The maximum atomic E-state index is 5.86. The van der Waals surface area contributed by atoms with Crippen molar-refractivity contribution in [1.29, 1.82) is 0 Å². The highest BCUT2D eigenvalue weighted by Gasteiger charge is 2.25. The molecule has 0 spiro atoms. The number of pyridine rings is 1. The molecule has 2 unspecified atom stereocenters. The van der Waals surface area contributed by atoms with Crippen molar-refractivity contribution < 1.29 is 0 Å². The SMILES string of the molecule is C[C@@H](NC1CCCCC1CN)c1cccnc1. The Morgan fingerprint density at radius 3 is 3.00 bits per heavy atom. The maximum absolute atomic E-state index is 5.86. The number of hydrogen-bond acceptors (Lipinski definition) is 3. The Kier molecular flexibility index (Phi) is 4.51. The maximum Gasteiger partial charge on any atom is 0.0315 e. The summed E-state index contributed by atoms with van der Waals surface area (Å²) in [5.41, 5.74) is 7.11. The standard InChI is InChI=1S/C14H23N3/c1-11(13-6-4-8-16-10-13)17-14-7-3-2-5-12(14)9-15/h4,6,8,10-12,14,17H,2-3,5,7,9,15H2,1H3/t11-,12?,14?/m1/s1. The highest BCUT2D eigenvalue weighted by atomic mass is 15.0. The second-order valence-electron chi connectivity index (χ2n) is 5.06. The van der Waals surface area contributed by atoms with Crippen molar-refractivity contribution >= 4 is 0 Å². The quantitative estimate of drug-likeness (QED) is 0.838. The van der Waals surface area contributed by atoms with Gasteiger partial charge in [-0.2, -0.15) is 0 Å². The predicted octanol–water partition coefficient (Wildman–Crippen LogP) is 2.25. The topological polar surface area (TPSA) is 50.9 Å². The lowest BCUT2D eigenvalue weighted by Gasteiger charge is -2.33. The summed E-state index contributed by atoms with van der Waals surface area (Å²) >= 11 is 0. The summed E-state index contributed by atoms with van der Waals surface area (Å²) < 4.78 is 0. The van der Waals surface area contributed by atoms with E-state index in [0.29, 0.717) is 18.0 Å². The first-order valence-corrected chi connectivity index (χ1v) is 6.67. The second kappa shape index (κ2) is 6.12. The molecule has 2 rings (SSSR count). The predicted molar refractivity (Wildman–Crippen MR) is 70.6 cm³/mol. The van der Waals surface area contributed by atoms with Gasteiger partial charge in [0.05, 0.1) is 0 Å². The third-order valence-corrected chi connectivity index (χ3v) is 3.86. The lowest BCUT2D eigenvalue weighted by Crippen LogP contribution is -2.42. The molecule has 1 aliphatic rings. The summed E-state index contributed by atoms with van der Waals surface area (Å²) in [6.45, 7) is 3.01. The number of nitrogens with two attached hydrogens (primary N) is 1. The van der Waals surface area contributed by atoms with E-state index in [4.69, 9.17) is 5.73 Å². The Morgan fingerprint density at radius 1 is 1.47 bits per heavy atom. The van der Waals surface area contributed by atoms with Gasteiger partial charge in [0.1, 0.15) is 0 Å². The molecule has 1 aromatic rings. The summed E-state index contributed by atoms with van der Waals surface area (Å²) in [5, 5.41) is 3.72. The van der Waals surface area contributed by atoms with Gasteiger partial charge in [0.25, 0.3) is 0 Å². The van der Waals surface area contributed by atoms with Crippen LogP contribution in [-0.4, -0.2) is 17.6 Å².